The van der Waals surface area contributed by atoms with Gasteiger partial charge in [0.15, 0.2) is 0 Å². The minimum absolute atomic E-state index is 0.442. The highest BCUT2D eigenvalue weighted by Crippen LogP contribution is 2.31. The summed E-state index contributed by atoms with van der Waals surface area (Å²) in [5.74, 6) is 0. The van der Waals surface area contributed by atoms with E-state index >= 15 is 0 Å². The van der Waals surface area contributed by atoms with Crippen LogP contribution in [0.5, 0.6) is 0 Å². The molecule has 0 spiro atoms. The van der Waals surface area contributed by atoms with Gasteiger partial charge in [-0.05, 0) is 17.7 Å². The molecule has 3 rings (SSSR count). The lowest BCUT2D eigenvalue weighted by atomic mass is 9.95. The molecule has 1 aromatic rings. The Morgan fingerprint density at radius 2 is 2.18 bits per heavy atom. The molecule has 1 N–H and O–H groups in total. The first kappa shape index (κ1) is 11.2. The molecule has 0 aromatic heterocycles. The van der Waals surface area contributed by atoms with Crippen LogP contribution in [-0.2, 0) is 11.3 Å². The molecule has 1 fully saturated rings. The molecule has 92 valence electrons. The molecule has 1 aromatic carbocycles. The maximum atomic E-state index is 5.75. The molecule has 0 amide bonds. The molecule has 0 radical (unpaired) electrons. The predicted octanol–water partition coefficient (Wildman–Crippen LogP) is 1.55. The van der Waals surface area contributed by atoms with Crippen molar-refractivity contribution in [1.82, 2.24) is 10.2 Å². The second-order valence-electron chi connectivity index (χ2n) is 4.87. The Morgan fingerprint density at radius 1 is 1.35 bits per heavy atom. The largest absolute Gasteiger partial charge is 0.375 e. The number of benzene rings is 1. The average Bonchev–Trinajstić information content (AvgIpc) is 2.33. The second-order valence-corrected chi connectivity index (χ2v) is 4.87. The summed E-state index contributed by atoms with van der Waals surface area (Å²) in [5.41, 5.74) is 2.82. The van der Waals surface area contributed by atoms with Gasteiger partial charge in [-0.25, -0.2) is 0 Å². The van der Waals surface area contributed by atoms with Crippen molar-refractivity contribution in [3.63, 3.8) is 0 Å². The van der Waals surface area contributed by atoms with E-state index in [9.17, 15) is 0 Å². The van der Waals surface area contributed by atoms with E-state index in [0.29, 0.717) is 12.1 Å². The van der Waals surface area contributed by atoms with Crippen molar-refractivity contribution in [1.29, 1.82) is 0 Å². The van der Waals surface area contributed by atoms with Gasteiger partial charge in [0.1, 0.15) is 0 Å². The van der Waals surface area contributed by atoms with Crippen molar-refractivity contribution in [3.8, 4) is 0 Å². The lowest BCUT2D eigenvalue weighted by Crippen LogP contribution is -2.58. The summed E-state index contributed by atoms with van der Waals surface area (Å²) in [7, 11) is 0. The zero-order valence-electron chi connectivity index (χ0n) is 10.4. The summed E-state index contributed by atoms with van der Waals surface area (Å²) in [6.07, 6.45) is 0. The van der Waals surface area contributed by atoms with Crippen molar-refractivity contribution in [3.05, 3.63) is 35.4 Å². The zero-order valence-corrected chi connectivity index (χ0v) is 10.4. The van der Waals surface area contributed by atoms with E-state index in [1.165, 1.54) is 11.1 Å². The number of ether oxygens (including phenoxy) is 1. The molecule has 1 saturated heterocycles. The topological polar surface area (TPSA) is 24.5 Å². The summed E-state index contributed by atoms with van der Waals surface area (Å²) in [6, 6.07) is 9.82. The fourth-order valence-electron chi connectivity index (χ4n) is 2.88. The second kappa shape index (κ2) is 4.77. The van der Waals surface area contributed by atoms with Gasteiger partial charge >= 0.3 is 0 Å². The summed E-state index contributed by atoms with van der Waals surface area (Å²) >= 11 is 0. The zero-order chi connectivity index (χ0) is 11.7. The third-order valence-electron chi connectivity index (χ3n) is 3.94. The maximum absolute atomic E-state index is 5.75. The van der Waals surface area contributed by atoms with Gasteiger partial charge in [-0.2, -0.15) is 0 Å². The van der Waals surface area contributed by atoms with Crippen LogP contribution in [0.15, 0.2) is 24.3 Å². The van der Waals surface area contributed by atoms with Crippen LogP contribution in [0, 0.1) is 0 Å². The van der Waals surface area contributed by atoms with Gasteiger partial charge in [0, 0.05) is 19.1 Å². The molecular weight excluding hydrogens is 212 g/mol. The molecule has 0 saturated carbocycles. The van der Waals surface area contributed by atoms with E-state index in [1.807, 2.05) is 0 Å². The standard InChI is InChI=1S/C14H20N2O/c1-2-16(12-7-15-8-12)14-10-17-9-11-5-3-4-6-13(11)14/h3-6,12,14-15H,2,7-10H2,1H3. The van der Waals surface area contributed by atoms with Crippen LogP contribution in [0.25, 0.3) is 0 Å². The van der Waals surface area contributed by atoms with Gasteiger partial charge in [0.25, 0.3) is 0 Å². The first-order chi connectivity index (χ1) is 8.40. The number of fused-ring (bicyclic) bond motifs is 1. The Bertz CT molecular complexity index is 390. The number of likely N-dealkylation sites (N-methyl/N-ethyl adjacent to an activating group) is 1. The predicted molar refractivity (Wildman–Crippen MR) is 67.9 cm³/mol. The number of rotatable bonds is 3. The number of nitrogens with zero attached hydrogens (tertiary/aromatic N) is 1. The van der Waals surface area contributed by atoms with Crippen molar-refractivity contribution >= 4 is 0 Å². The Hall–Kier alpha value is -0.900. The van der Waals surface area contributed by atoms with E-state index in [1.54, 1.807) is 0 Å². The molecule has 2 aliphatic rings. The van der Waals surface area contributed by atoms with Crippen molar-refractivity contribution in [2.45, 2.75) is 25.6 Å². The molecule has 0 aliphatic carbocycles. The van der Waals surface area contributed by atoms with E-state index in [4.69, 9.17) is 4.74 Å². The monoisotopic (exact) mass is 232 g/mol. The maximum Gasteiger partial charge on any atom is 0.0721 e. The van der Waals surface area contributed by atoms with Gasteiger partial charge < -0.3 is 10.1 Å². The van der Waals surface area contributed by atoms with E-state index < -0.39 is 0 Å². The van der Waals surface area contributed by atoms with Crippen molar-refractivity contribution < 1.29 is 4.74 Å². The molecule has 1 atom stereocenters. The summed E-state index contributed by atoms with van der Waals surface area (Å²) in [6.45, 7) is 7.18. The highest BCUT2D eigenvalue weighted by atomic mass is 16.5. The van der Waals surface area contributed by atoms with Crippen LogP contribution in [-0.4, -0.2) is 37.2 Å². The van der Waals surface area contributed by atoms with Crippen LogP contribution < -0.4 is 5.32 Å². The van der Waals surface area contributed by atoms with Crippen LogP contribution in [0.3, 0.4) is 0 Å². The lowest BCUT2D eigenvalue weighted by molar-refractivity contribution is 0.00498. The normalized spacial score (nSPS) is 24.5. The van der Waals surface area contributed by atoms with E-state index in [-0.39, 0.29) is 0 Å². The van der Waals surface area contributed by atoms with Gasteiger partial charge in [-0.3, -0.25) is 4.90 Å². The molecule has 1 unspecified atom stereocenters. The first-order valence-corrected chi connectivity index (χ1v) is 6.52. The van der Waals surface area contributed by atoms with Crippen LogP contribution in [0.2, 0.25) is 0 Å². The Balaban J connectivity index is 1.87. The van der Waals surface area contributed by atoms with Crippen LogP contribution in [0.4, 0.5) is 0 Å². The number of hydrogen-bond donors (Lipinski definition) is 1. The molecule has 2 aliphatic heterocycles. The van der Waals surface area contributed by atoms with E-state index in [0.717, 1.165) is 32.8 Å². The molecule has 3 heteroatoms. The minimum Gasteiger partial charge on any atom is -0.375 e. The third-order valence-corrected chi connectivity index (χ3v) is 3.94. The van der Waals surface area contributed by atoms with Gasteiger partial charge in [-0.15, -0.1) is 0 Å². The Morgan fingerprint density at radius 3 is 2.88 bits per heavy atom. The summed E-state index contributed by atoms with van der Waals surface area (Å²) in [5, 5.41) is 3.36. The number of hydrogen-bond acceptors (Lipinski definition) is 3. The SMILES string of the molecule is CCN(C1CNC1)C1COCc2ccccc21. The van der Waals surface area contributed by atoms with Crippen LogP contribution in [0.1, 0.15) is 24.1 Å². The lowest BCUT2D eigenvalue weighted by Gasteiger charge is -2.44. The van der Waals surface area contributed by atoms with Gasteiger partial charge in [-0.1, -0.05) is 31.2 Å². The van der Waals surface area contributed by atoms with Crippen LogP contribution >= 0.6 is 0 Å². The highest BCUT2D eigenvalue weighted by molar-refractivity contribution is 5.31. The first-order valence-electron chi connectivity index (χ1n) is 6.52. The van der Waals surface area contributed by atoms with Crippen molar-refractivity contribution in [2.24, 2.45) is 0 Å². The third kappa shape index (κ3) is 1.99. The van der Waals surface area contributed by atoms with Gasteiger partial charge in [0.05, 0.1) is 19.3 Å². The molecule has 2 heterocycles. The van der Waals surface area contributed by atoms with E-state index in [2.05, 4.69) is 41.4 Å². The number of nitrogens with one attached hydrogen (secondary N) is 1. The quantitative estimate of drug-likeness (QED) is 0.856. The summed E-state index contributed by atoms with van der Waals surface area (Å²) < 4.78 is 5.75. The molecule has 17 heavy (non-hydrogen) atoms. The molecular formula is C14H20N2O. The summed E-state index contributed by atoms with van der Waals surface area (Å²) in [4.78, 5) is 2.58. The minimum atomic E-state index is 0.442. The Labute approximate surface area is 103 Å². The Kier molecular flexibility index (Phi) is 3.14. The fourth-order valence-corrected chi connectivity index (χ4v) is 2.88. The smallest absolute Gasteiger partial charge is 0.0721 e. The van der Waals surface area contributed by atoms with Crippen molar-refractivity contribution in [2.75, 3.05) is 26.2 Å². The molecule has 3 nitrogen and oxygen atoms in total. The fraction of sp³-hybridized carbons (Fsp3) is 0.571. The highest BCUT2D eigenvalue weighted by Gasteiger charge is 2.32. The molecule has 0 bridgehead atoms. The van der Waals surface area contributed by atoms with Gasteiger partial charge in [0.2, 0.25) is 0 Å². The average molecular weight is 232 g/mol.